The molecule has 0 saturated heterocycles. The van der Waals surface area contributed by atoms with Gasteiger partial charge in [0.15, 0.2) is 0 Å². The molecule has 100 valence electrons. The fourth-order valence-electron chi connectivity index (χ4n) is 1.40. The van der Waals surface area contributed by atoms with Crippen molar-refractivity contribution in [2.75, 3.05) is 24.3 Å². The average Bonchev–Trinajstić information content (AvgIpc) is 2.41. The summed E-state index contributed by atoms with van der Waals surface area (Å²) in [6, 6.07) is 7.61. The number of rotatable bonds is 5. The molecular weight excluding hydrogens is 266 g/mol. The highest BCUT2D eigenvalue weighted by Crippen LogP contribution is 2.24. The predicted octanol–water partition coefficient (Wildman–Crippen LogP) is 2.71. The van der Waals surface area contributed by atoms with Crippen molar-refractivity contribution in [3.8, 4) is 6.01 Å². The molecule has 6 nitrogen and oxygen atoms in total. The number of benzene rings is 1. The summed E-state index contributed by atoms with van der Waals surface area (Å²) < 4.78 is 5.28. The van der Waals surface area contributed by atoms with Crippen LogP contribution < -0.4 is 15.4 Å². The maximum Gasteiger partial charge on any atom is 0.323 e. The van der Waals surface area contributed by atoms with Crippen LogP contribution >= 0.6 is 11.6 Å². The summed E-state index contributed by atoms with van der Waals surface area (Å²) in [6.07, 6.45) is 0. The zero-order valence-corrected chi connectivity index (χ0v) is 11.4. The standard InChI is InChI=1S/C12H14ClN5O/c1-3-19-12-17-10(14-2)16-11(18-12)15-9-7-5-4-6-8(9)13/h4-7H,3H2,1-2H3,(H2,14,15,16,17,18). The summed E-state index contributed by atoms with van der Waals surface area (Å²) in [5.41, 5.74) is 0.722. The molecule has 1 heterocycles. The van der Waals surface area contributed by atoms with E-state index < -0.39 is 0 Å². The summed E-state index contributed by atoms with van der Waals surface area (Å²) >= 11 is 6.07. The van der Waals surface area contributed by atoms with E-state index in [9.17, 15) is 0 Å². The van der Waals surface area contributed by atoms with E-state index in [4.69, 9.17) is 16.3 Å². The molecule has 0 bridgehead atoms. The molecular formula is C12H14ClN5O. The number of nitrogens with one attached hydrogen (secondary N) is 2. The first-order chi connectivity index (χ1) is 9.22. The van der Waals surface area contributed by atoms with Crippen LogP contribution in [0.1, 0.15) is 6.92 Å². The van der Waals surface area contributed by atoms with Gasteiger partial charge in [-0.3, -0.25) is 0 Å². The zero-order valence-electron chi connectivity index (χ0n) is 10.6. The van der Waals surface area contributed by atoms with Gasteiger partial charge in [-0.2, -0.15) is 15.0 Å². The minimum Gasteiger partial charge on any atom is -0.464 e. The number of hydrogen-bond acceptors (Lipinski definition) is 6. The summed E-state index contributed by atoms with van der Waals surface area (Å²) in [7, 11) is 1.73. The highest BCUT2D eigenvalue weighted by atomic mass is 35.5. The second kappa shape index (κ2) is 6.19. The van der Waals surface area contributed by atoms with E-state index in [1.807, 2.05) is 25.1 Å². The third kappa shape index (κ3) is 3.45. The molecule has 2 N–H and O–H groups in total. The van der Waals surface area contributed by atoms with E-state index in [2.05, 4.69) is 25.6 Å². The van der Waals surface area contributed by atoms with Gasteiger partial charge in [-0.15, -0.1) is 0 Å². The van der Waals surface area contributed by atoms with Crippen molar-refractivity contribution in [1.82, 2.24) is 15.0 Å². The van der Waals surface area contributed by atoms with Crippen molar-refractivity contribution in [2.45, 2.75) is 6.92 Å². The van der Waals surface area contributed by atoms with Gasteiger partial charge < -0.3 is 15.4 Å². The van der Waals surface area contributed by atoms with Crippen molar-refractivity contribution in [3.05, 3.63) is 29.3 Å². The van der Waals surface area contributed by atoms with Crippen LogP contribution in [0.15, 0.2) is 24.3 Å². The van der Waals surface area contributed by atoms with E-state index in [1.54, 1.807) is 13.1 Å². The van der Waals surface area contributed by atoms with Crippen LogP contribution in [0.5, 0.6) is 6.01 Å². The van der Waals surface area contributed by atoms with Gasteiger partial charge >= 0.3 is 6.01 Å². The van der Waals surface area contributed by atoms with Gasteiger partial charge in [-0.25, -0.2) is 0 Å². The fourth-order valence-corrected chi connectivity index (χ4v) is 1.58. The lowest BCUT2D eigenvalue weighted by Crippen LogP contribution is -2.07. The quantitative estimate of drug-likeness (QED) is 0.877. The number of halogens is 1. The SMILES string of the molecule is CCOc1nc(NC)nc(Nc2ccccc2Cl)n1. The van der Waals surface area contributed by atoms with Gasteiger partial charge in [0.1, 0.15) is 0 Å². The lowest BCUT2D eigenvalue weighted by atomic mass is 10.3. The Morgan fingerprint density at radius 1 is 1.16 bits per heavy atom. The molecule has 2 aromatic rings. The molecule has 0 amide bonds. The molecule has 0 fully saturated rings. The van der Waals surface area contributed by atoms with E-state index in [0.29, 0.717) is 23.5 Å². The third-order valence-corrected chi connectivity index (χ3v) is 2.56. The van der Waals surface area contributed by atoms with Crippen molar-refractivity contribution < 1.29 is 4.74 Å². The van der Waals surface area contributed by atoms with Crippen LogP contribution in [-0.2, 0) is 0 Å². The summed E-state index contributed by atoms with van der Waals surface area (Å²) in [6.45, 7) is 2.35. The van der Waals surface area contributed by atoms with Crippen molar-refractivity contribution >= 4 is 29.2 Å². The first kappa shape index (κ1) is 13.4. The molecule has 1 aromatic heterocycles. The number of nitrogens with zero attached hydrogens (tertiary/aromatic N) is 3. The van der Waals surface area contributed by atoms with Crippen LogP contribution in [0.3, 0.4) is 0 Å². The molecule has 0 aliphatic carbocycles. The number of anilines is 3. The molecule has 0 radical (unpaired) electrons. The van der Waals surface area contributed by atoms with Gasteiger partial charge in [0.05, 0.1) is 17.3 Å². The molecule has 0 aliphatic heterocycles. The van der Waals surface area contributed by atoms with Crippen LogP contribution in [0.2, 0.25) is 5.02 Å². The molecule has 0 atom stereocenters. The Labute approximate surface area is 116 Å². The number of para-hydroxylation sites is 1. The normalized spacial score (nSPS) is 10.1. The van der Waals surface area contributed by atoms with Crippen molar-refractivity contribution in [3.63, 3.8) is 0 Å². The number of hydrogen-bond donors (Lipinski definition) is 2. The van der Waals surface area contributed by atoms with Crippen LogP contribution in [-0.4, -0.2) is 28.6 Å². The minimum absolute atomic E-state index is 0.261. The summed E-state index contributed by atoms with van der Waals surface area (Å²) in [4.78, 5) is 12.4. The fraction of sp³-hybridized carbons (Fsp3) is 0.250. The Morgan fingerprint density at radius 2 is 1.89 bits per heavy atom. The largest absolute Gasteiger partial charge is 0.464 e. The first-order valence-electron chi connectivity index (χ1n) is 5.81. The molecule has 0 aliphatic rings. The van der Waals surface area contributed by atoms with Gasteiger partial charge in [-0.1, -0.05) is 23.7 Å². The Hall–Kier alpha value is -2.08. The van der Waals surface area contributed by atoms with E-state index in [0.717, 1.165) is 5.69 Å². The van der Waals surface area contributed by atoms with Gasteiger partial charge in [0.25, 0.3) is 0 Å². The zero-order chi connectivity index (χ0) is 13.7. The Balaban J connectivity index is 2.29. The van der Waals surface area contributed by atoms with E-state index in [-0.39, 0.29) is 6.01 Å². The van der Waals surface area contributed by atoms with E-state index >= 15 is 0 Å². The first-order valence-corrected chi connectivity index (χ1v) is 6.19. The summed E-state index contributed by atoms with van der Waals surface area (Å²) in [5.74, 6) is 0.795. The molecule has 0 spiro atoms. The molecule has 7 heteroatoms. The Morgan fingerprint density at radius 3 is 2.58 bits per heavy atom. The van der Waals surface area contributed by atoms with Crippen molar-refractivity contribution in [2.24, 2.45) is 0 Å². The van der Waals surface area contributed by atoms with Crippen LogP contribution in [0.25, 0.3) is 0 Å². The predicted molar refractivity (Wildman–Crippen MR) is 75.3 cm³/mol. The topological polar surface area (TPSA) is 72.0 Å². The number of aromatic nitrogens is 3. The molecule has 2 rings (SSSR count). The van der Waals surface area contributed by atoms with Gasteiger partial charge in [0, 0.05) is 7.05 Å². The lowest BCUT2D eigenvalue weighted by Gasteiger charge is -2.09. The summed E-state index contributed by atoms with van der Waals surface area (Å²) in [5, 5.41) is 6.47. The highest BCUT2D eigenvalue weighted by Gasteiger charge is 2.07. The van der Waals surface area contributed by atoms with Crippen LogP contribution in [0, 0.1) is 0 Å². The van der Waals surface area contributed by atoms with E-state index in [1.165, 1.54) is 0 Å². The molecule has 1 aromatic carbocycles. The maximum atomic E-state index is 6.07. The Bertz CT molecular complexity index is 564. The number of ether oxygens (including phenoxy) is 1. The minimum atomic E-state index is 0.261. The average molecular weight is 280 g/mol. The lowest BCUT2D eigenvalue weighted by molar-refractivity contribution is 0.312. The second-order valence-corrected chi connectivity index (χ2v) is 3.96. The molecule has 0 unspecified atom stereocenters. The second-order valence-electron chi connectivity index (χ2n) is 3.55. The maximum absolute atomic E-state index is 6.07. The highest BCUT2D eigenvalue weighted by molar-refractivity contribution is 6.33. The monoisotopic (exact) mass is 279 g/mol. The third-order valence-electron chi connectivity index (χ3n) is 2.23. The van der Waals surface area contributed by atoms with Gasteiger partial charge in [0.2, 0.25) is 11.9 Å². The molecule has 19 heavy (non-hydrogen) atoms. The molecule has 0 saturated carbocycles. The van der Waals surface area contributed by atoms with Crippen LogP contribution in [0.4, 0.5) is 17.6 Å². The Kier molecular flexibility index (Phi) is 4.35. The van der Waals surface area contributed by atoms with Crippen molar-refractivity contribution in [1.29, 1.82) is 0 Å². The smallest absolute Gasteiger partial charge is 0.323 e. The van der Waals surface area contributed by atoms with Gasteiger partial charge in [-0.05, 0) is 19.1 Å².